The Kier molecular flexibility index (Phi) is 21.3. The summed E-state index contributed by atoms with van der Waals surface area (Å²) in [6, 6.07) is 11.4. The summed E-state index contributed by atoms with van der Waals surface area (Å²) in [6.45, 7) is 18.5. The van der Waals surface area contributed by atoms with E-state index < -0.39 is 19.8 Å². The monoisotopic (exact) mass is 1410 g/mol. The molecule has 102 heavy (non-hydrogen) atoms. The number of fused-ring (bicyclic) bond motifs is 9. The lowest BCUT2D eigenvalue weighted by Crippen LogP contribution is -2.22. The normalized spacial score (nSPS) is 16.2. The molecule has 3 atom stereocenters. The summed E-state index contributed by atoms with van der Waals surface area (Å²) in [4.78, 5) is 29.0. The van der Waals surface area contributed by atoms with Crippen molar-refractivity contribution in [2.24, 2.45) is 0 Å². The van der Waals surface area contributed by atoms with Gasteiger partial charge in [0.05, 0.1) is 107 Å². The number of imidazole rings is 3. The minimum absolute atomic E-state index is 0.112. The zero-order chi connectivity index (χ0) is 71.9. The van der Waals surface area contributed by atoms with Crippen LogP contribution in [0.5, 0.6) is 0 Å². The second kappa shape index (κ2) is 30.3. The van der Waals surface area contributed by atoms with Crippen LogP contribution in [0.25, 0.3) is 99.2 Å². The first kappa shape index (κ1) is 71.7. The highest BCUT2D eigenvalue weighted by molar-refractivity contribution is 6.07. The van der Waals surface area contributed by atoms with Gasteiger partial charge in [-0.25, -0.2) is 15.0 Å². The van der Waals surface area contributed by atoms with Gasteiger partial charge < -0.3 is 55.7 Å². The van der Waals surface area contributed by atoms with Gasteiger partial charge in [0.15, 0.2) is 0 Å². The first-order valence-corrected chi connectivity index (χ1v) is 34.7. The lowest BCUT2D eigenvalue weighted by molar-refractivity contribution is -0.135. The van der Waals surface area contributed by atoms with Crippen LogP contribution >= 0.6 is 0 Å². The van der Waals surface area contributed by atoms with Crippen molar-refractivity contribution in [1.29, 1.82) is 0 Å². The number of aryl methyl sites for hydroxylation is 9. The molecule has 1 unspecified atom stereocenters. The van der Waals surface area contributed by atoms with E-state index in [0.29, 0.717) is 39.6 Å². The number of ether oxygens (including phenoxy) is 6. The maximum absolute atomic E-state index is 12.9. The molecule has 0 N–H and O–H groups in total. The fourth-order valence-corrected chi connectivity index (χ4v) is 15.2. The van der Waals surface area contributed by atoms with E-state index >= 15 is 0 Å². The van der Waals surface area contributed by atoms with E-state index in [1.54, 1.807) is 18.6 Å². The van der Waals surface area contributed by atoms with E-state index in [9.17, 15) is 26.3 Å². The molecule has 0 radical (unpaired) electrons. The van der Waals surface area contributed by atoms with Gasteiger partial charge in [-0.2, -0.15) is 26.3 Å². The first-order valence-electron chi connectivity index (χ1n) is 34.7. The van der Waals surface area contributed by atoms with Crippen LogP contribution in [0.3, 0.4) is 0 Å². The summed E-state index contributed by atoms with van der Waals surface area (Å²) < 4.78 is 130. The molecular weight excluding hydrogens is 1330 g/mol. The van der Waals surface area contributed by atoms with Gasteiger partial charge in [-0.05, 0) is 191 Å². The van der Waals surface area contributed by atoms with Crippen LogP contribution in [-0.2, 0) is 28.4 Å². The molecule has 3 fully saturated rings. The molecule has 540 valence electrons. The topological polar surface area (TPSA) is 226 Å². The number of aromatic nitrogens is 12. The van der Waals surface area contributed by atoms with Crippen LogP contribution in [0.2, 0.25) is 0 Å². The SMILES string of the molecule is Cc1cc2c(cc1-c1c(C)noc1C)ncc1nc(C3CCOCC3)n(C(C)COC(F)F)c12.Cc1cc2c(cc1-c1c(C)noc1C)ncc1nc(C3CCOCC3)n([C@@H](C)COC(F)F)c12.Cc1cc2c(cc1-c1c(C)noc1C)ncc1nc(C3CCOCC3)n([C@H](C)COC(F)F)c12. The second-order valence-electron chi connectivity index (χ2n) is 27.1. The van der Waals surface area contributed by atoms with Crippen molar-refractivity contribution < 1.29 is 68.3 Å². The highest BCUT2D eigenvalue weighted by Gasteiger charge is 2.32. The molecule has 27 heteroatoms. The minimum Gasteiger partial charge on any atom is -0.381 e. The third kappa shape index (κ3) is 14.3. The molecule has 3 aliphatic heterocycles. The molecule has 3 aliphatic rings. The maximum Gasteiger partial charge on any atom is 0.345 e. The lowest BCUT2D eigenvalue weighted by Gasteiger charge is -2.25. The molecule has 0 aliphatic carbocycles. The van der Waals surface area contributed by atoms with Crippen molar-refractivity contribution >= 4 is 65.8 Å². The van der Waals surface area contributed by atoms with E-state index in [2.05, 4.69) is 47.4 Å². The van der Waals surface area contributed by atoms with Crippen LogP contribution in [-0.4, -0.2) is 138 Å². The third-order valence-corrected chi connectivity index (χ3v) is 20.0. The Balaban J connectivity index is 0.000000137. The summed E-state index contributed by atoms with van der Waals surface area (Å²) in [5.74, 6) is 5.47. The fourth-order valence-electron chi connectivity index (χ4n) is 15.2. The number of rotatable bonds is 18. The highest BCUT2D eigenvalue weighted by atomic mass is 19.3. The van der Waals surface area contributed by atoms with Crippen molar-refractivity contribution in [1.82, 2.24) is 59.1 Å². The number of nitrogens with zero attached hydrogens (tertiary/aromatic N) is 12. The molecular formula is C75H84F6N12O9. The number of benzene rings is 3. The predicted octanol–water partition coefficient (Wildman–Crippen LogP) is 17.6. The third-order valence-electron chi connectivity index (χ3n) is 20.0. The standard InChI is InChI=1S/3C25H28F2N4O3/c3*1-13-9-19-20(10-18(13)22-15(3)30-34-16(22)4)28-11-21-23(19)31(14(2)12-33-25(26)27)24(29-21)17-5-7-32-8-6-17/h3*9-11,14,17,25H,5-8,12H2,1-4H3/t2*14-;/m10./s1. The molecule has 12 aromatic rings. The van der Waals surface area contributed by atoms with E-state index in [1.807, 2.05) is 101 Å². The predicted molar refractivity (Wildman–Crippen MR) is 373 cm³/mol. The van der Waals surface area contributed by atoms with Gasteiger partial charge in [0.1, 0.15) is 51.3 Å². The minimum atomic E-state index is -2.82. The van der Waals surface area contributed by atoms with Crippen molar-refractivity contribution in [2.45, 2.75) is 177 Å². The Morgan fingerprint density at radius 1 is 0.382 bits per heavy atom. The van der Waals surface area contributed by atoms with Crippen LogP contribution < -0.4 is 0 Å². The van der Waals surface area contributed by atoms with Gasteiger partial charge in [0.25, 0.3) is 0 Å². The summed E-state index contributed by atoms with van der Waals surface area (Å²) in [5, 5.41) is 15.1. The molecule has 15 rings (SSSR count). The Labute approximate surface area is 584 Å². The zero-order valence-electron chi connectivity index (χ0n) is 59.3. The number of hydrogen-bond donors (Lipinski definition) is 0. The second-order valence-corrected chi connectivity index (χ2v) is 27.1. The smallest absolute Gasteiger partial charge is 0.345 e. The molecule has 3 saturated heterocycles. The Morgan fingerprint density at radius 2 is 0.637 bits per heavy atom. The largest absolute Gasteiger partial charge is 0.381 e. The average Bonchev–Trinajstić information content (AvgIpc) is 1.57. The maximum atomic E-state index is 12.9. The van der Waals surface area contributed by atoms with Gasteiger partial charge in [0, 0.05) is 90.2 Å². The number of pyridine rings is 3. The average molecular weight is 1410 g/mol. The fraction of sp³-hybridized carbons (Fsp3) is 0.480. The van der Waals surface area contributed by atoms with E-state index in [-0.39, 0.29) is 55.7 Å². The molecule has 0 amide bonds. The molecule has 0 saturated carbocycles. The summed E-state index contributed by atoms with van der Waals surface area (Å²) in [6.07, 6.45) is 10.3. The van der Waals surface area contributed by atoms with Crippen LogP contribution in [0, 0.1) is 62.3 Å². The highest BCUT2D eigenvalue weighted by Crippen LogP contribution is 2.43. The summed E-state index contributed by atoms with van der Waals surface area (Å²) in [7, 11) is 0. The quantitative estimate of drug-likeness (QED) is 0.0728. The van der Waals surface area contributed by atoms with E-state index in [0.717, 1.165) is 206 Å². The molecule has 12 heterocycles. The van der Waals surface area contributed by atoms with Crippen molar-refractivity contribution in [3.05, 3.63) is 124 Å². The van der Waals surface area contributed by atoms with Crippen LogP contribution in [0.1, 0.15) is 164 Å². The van der Waals surface area contributed by atoms with Crippen LogP contribution in [0.4, 0.5) is 26.3 Å². The van der Waals surface area contributed by atoms with Gasteiger partial charge in [-0.15, -0.1) is 0 Å². The molecule has 0 bridgehead atoms. The number of alkyl halides is 6. The van der Waals surface area contributed by atoms with E-state index in [1.165, 1.54) is 0 Å². The van der Waals surface area contributed by atoms with Gasteiger partial charge in [0.2, 0.25) is 0 Å². The Bertz CT molecular complexity index is 4460. The van der Waals surface area contributed by atoms with Crippen molar-refractivity contribution in [3.63, 3.8) is 0 Å². The Morgan fingerprint density at radius 3 is 0.863 bits per heavy atom. The van der Waals surface area contributed by atoms with E-state index in [4.69, 9.17) is 71.9 Å². The van der Waals surface area contributed by atoms with Crippen LogP contribution in [0.15, 0.2) is 68.6 Å². The molecule has 9 aromatic heterocycles. The summed E-state index contributed by atoms with van der Waals surface area (Å²) in [5.41, 5.74) is 18.9. The number of halogens is 6. The first-order chi connectivity index (χ1) is 49.0. The lowest BCUT2D eigenvalue weighted by atomic mass is 9.96. The zero-order valence-corrected chi connectivity index (χ0v) is 59.3. The van der Waals surface area contributed by atoms with Gasteiger partial charge in [-0.1, -0.05) is 15.5 Å². The Hall–Kier alpha value is -8.73. The van der Waals surface area contributed by atoms with Gasteiger partial charge >= 0.3 is 19.8 Å². The van der Waals surface area contributed by atoms with Crippen molar-refractivity contribution in [3.8, 4) is 33.4 Å². The summed E-state index contributed by atoms with van der Waals surface area (Å²) >= 11 is 0. The molecule has 3 aromatic carbocycles. The van der Waals surface area contributed by atoms with Gasteiger partial charge in [-0.3, -0.25) is 15.0 Å². The van der Waals surface area contributed by atoms with Crippen molar-refractivity contribution in [2.75, 3.05) is 59.5 Å². The molecule has 21 nitrogen and oxygen atoms in total. The molecule has 0 spiro atoms. The number of hydrogen-bond acceptors (Lipinski definition) is 18.